The Morgan fingerprint density at radius 2 is 1.29 bits per heavy atom. The van der Waals surface area contributed by atoms with E-state index in [1.807, 2.05) is 0 Å². The van der Waals surface area contributed by atoms with Crippen LogP contribution in [0.15, 0.2) is 0 Å². The second-order valence-electron chi connectivity index (χ2n) is 8.31. The third kappa shape index (κ3) is 21.1. The van der Waals surface area contributed by atoms with Crippen molar-refractivity contribution in [3.8, 4) is 0 Å². The highest BCUT2D eigenvalue weighted by Crippen LogP contribution is 2.11. The predicted octanol–water partition coefficient (Wildman–Crippen LogP) is 1.98. The summed E-state index contributed by atoms with van der Waals surface area (Å²) in [6.45, 7) is 4.10. The number of aliphatic hydroxyl groups is 2. The van der Waals surface area contributed by atoms with Crippen LogP contribution in [0.3, 0.4) is 0 Å². The number of carbonyl (C=O) groups excluding carboxylic acids is 2. The quantitative estimate of drug-likeness (QED) is 0.187. The molecule has 0 aliphatic rings. The van der Waals surface area contributed by atoms with Gasteiger partial charge in [0.2, 0.25) is 0 Å². The first-order valence-electron chi connectivity index (χ1n) is 10.6. The summed E-state index contributed by atoms with van der Waals surface area (Å²) in [7, 11) is 5.40. The van der Waals surface area contributed by atoms with Crippen LogP contribution in [0.2, 0.25) is 0 Å². The fraction of sp³-hybridized carbons (Fsp3) is 0.905. The maximum absolute atomic E-state index is 11.2. The SMILES string of the molecule is CCCCCCCCCCCCOC(=O)C(O)(O)CC.C[N+](C)(C)CC(=O)[O-]. The minimum Gasteiger partial charge on any atom is -0.544 e. The van der Waals surface area contributed by atoms with Crippen molar-refractivity contribution in [2.45, 2.75) is 90.3 Å². The number of ether oxygens (including phenoxy) is 1. The molecule has 0 atom stereocenters. The summed E-state index contributed by atoms with van der Waals surface area (Å²) in [6.07, 6.45) is 12.1. The lowest BCUT2D eigenvalue weighted by atomic mass is 10.1. The lowest BCUT2D eigenvalue weighted by Crippen LogP contribution is -2.45. The second-order valence-corrected chi connectivity index (χ2v) is 8.31. The van der Waals surface area contributed by atoms with Crippen LogP contribution in [0.5, 0.6) is 0 Å². The van der Waals surface area contributed by atoms with Crippen LogP contribution in [-0.4, -0.2) is 66.7 Å². The van der Waals surface area contributed by atoms with Crippen molar-refractivity contribution in [3.63, 3.8) is 0 Å². The minimum atomic E-state index is -2.32. The molecule has 0 bridgehead atoms. The third-order valence-electron chi connectivity index (χ3n) is 4.15. The molecule has 0 spiro atoms. The van der Waals surface area contributed by atoms with Gasteiger partial charge in [-0.2, -0.15) is 0 Å². The molecule has 0 aromatic carbocycles. The van der Waals surface area contributed by atoms with Crippen molar-refractivity contribution < 1.29 is 34.1 Å². The third-order valence-corrected chi connectivity index (χ3v) is 4.15. The van der Waals surface area contributed by atoms with E-state index in [-0.39, 0.29) is 19.6 Å². The average Bonchev–Trinajstić information content (AvgIpc) is 2.57. The molecule has 0 aliphatic heterocycles. The van der Waals surface area contributed by atoms with Gasteiger partial charge in [-0.05, 0) is 6.42 Å². The number of carboxylic acids is 1. The molecule has 168 valence electrons. The number of hydrogen-bond donors (Lipinski definition) is 2. The van der Waals surface area contributed by atoms with Crippen LogP contribution in [0, 0.1) is 0 Å². The van der Waals surface area contributed by atoms with E-state index < -0.39 is 17.7 Å². The Balaban J connectivity index is 0. The summed E-state index contributed by atoms with van der Waals surface area (Å²) < 4.78 is 5.25. The number of carbonyl (C=O) groups is 2. The van der Waals surface area contributed by atoms with E-state index in [2.05, 4.69) is 6.92 Å². The second kappa shape index (κ2) is 16.7. The highest BCUT2D eigenvalue weighted by molar-refractivity contribution is 5.76. The Morgan fingerprint density at radius 1 is 0.857 bits per heavy atom. The molecule has 0 amide bonds. The summed E-state index contributed by atoms with van der Waals surface area (Å²) >= 11 is 0. The van der Waals surface area contributed by atoms with Crippen molar-refractivity contribution in [1.29, 1.82) is 0 Å². The number of aliphatic carboxylic acids is 1. The molecule has 0 saturated heterocycles. The van der Waals surface area contributed by atoms with Gasteiger partial charge in [-0.3, -0.25) is 0 Å². The summed E-state index contributed by atoms with van der Waals surface area (Å²) in [5.74, 6) is -4.26. The molecule has 0 unspecified atom stereocenters. The van der Waals surface area contributed by atoms with Gasteiger partial charge in [0.15, 0.2) is 0 Å². The fourth-order valence-corrected chi connectivity index (χ4v) is 2.40. The van der Waals surface area contributed by atoms with Crippen LogP contribution < -0.4 is 5.11 Å². The van der Waals surface area contributed by atoms with Crippen molar-refractivity contribution >= 4 is 11.9 Å². The Bertz CT molecular complexity index is 404. The van der Waals surface area contributed by atoms with Gasteiger partial charge < -0.3 is 29.3 Å². The Labute approximate surface area is 171 Å². The summed E-state index contributed by atoms with van der Waals surface area (Å²) in [4.78, 5) is 21.1. The van der Waals surface area contributed by atoms with Gasteiger partial charge in [0, 0.05) is 6.42 Å². The summed E-state index contributed by atoms with van der Waals surface area (Å²) in [6, 6.07) is 0. The molecule has 0 fully saturated rings. The molecular weight excluding hydrogens is 362 g/mol. The van der Waals surface area contributed by atoms with Gasteiger partial charge in [0.05, 0.1) is 33.7 Å². The van der Waals surface area contributed by atoms with E-state index in [0.29, 0.717) is 4.48 Å². The maximum Gasteiger partial charge on any atom is 0.366 e. The molecule has 0 heterocycles. The zero-order valence-electron chi connectivity index (χ0n) is 18.7. The number of rotatable bonds is 15. The summed E-state index contributed by atoms with van der Waals surface area (Å²) in [5, 5.41) is 28.4. The molecule has 0 aromatic heterocycles. The zero-order valence-corrected chi connectivity index (χ0v) is 18.7. The standard InChI is InChI=1S/C16H32O4.C5H11NO2/c1-3-5-6-7-8-9-10-11-12-13-14-20-15(17)16(18,19)4-2;1-6(2,3)4-5(7)8/h18-19H,3-14H2,1-2H3;4H2,1-3H3. The monoisotopic (exact) mass is 405 g/mol. The summed E-state index contributed by atoms with van der Waals surface area (Å²) in [5.41, 5.74) is 0. The van der Waals surface area contributed by atoms with Crippen molar-refractivity contribution in [3.05, 3.63) is 0 Å². The van der Waals surface area contributed by atoms with Crippen LogP contribution >= 0.6 is 0 Å². The van der Waals surface area contributed by atoms with Gasteiger partial charge >= 0.3 is 5.97 Å². The Hall–Kier alpha value is -1.18. The van der Waals surface area contributed by atoms with E-state index in [1.165, 1.54) is 51.9 Å². The molecular formula is C21H43NO6. The Kier molecular flexibility index (Phi) is 17.4. The van der Waals surface area contributed by atoms with Crippen LogP contribution in [0.1, 0.15) is 84.5 Å². The molecule has 0 rings (SSSR count). The topological polar surface area (TPSA) is 107 Å². The molecule has 0 aromatic rings. The number of quaternary nitrogens is 1. The maximum atomic E-state index is 11.2. The Morgan fingerprint density at radius 3 is 1.61 bits per heavy atom. The molecule has 7 nitrogen and oxygen atoms in total. The van der Waals surface area contributed by atoms with E-state index in [1.54, 1.807) is 21.1 Å². The number of esters is 1. The number of carboxylic acid groups (broad SMARTS) is 1. The highest BCUT2D eigenvalue weighted by atomic mass is 16.6. The minimum absolute atomic E-state index is 0.0517. The first-order chi connectivity index (χ1) is 13.0. The zero-order chi connectivity index (χ0) is 22.1. The number of nitrogens with zero attached hydrogens (tertiary/aromatic N) is 1. The predicted molar refractivity (Wildman–Crippen MR) is 108 cm³/mol. The van der Waals surface area contributed by atoms with Gasteiger partial charge in [-0.1, -0.05) is 71.6 Å². The molecule has 28 heavy (non-hydrogen) atoms. The van der Waals surface area contributed by atoms with E-state index in [0.717, 1.165) is 19.3 Å². The first kappa shape index (κ1) is 29.0. The molecule has 0 radical (unpaired) electrons. The smallest absolute Gasteiger partial charge is 0.366 e. The first-order valence-corrected chi connectivity index (χ1v) is 10.6. The van der Waals surface area contributed by atoms with Crippen LogP contribution in [0.4, 0.5) is 0 Å². The van der Waals surface area contributed by atoms with Crippen molar-refractivity contribution in [2.75, 3.05) is 34.3 Å². The van der Waals surface area contributed by atoms with E-state index in [9.17, 15) is 24.9 Å². The van der Waals surface area contributed by atoms with E-state index >= 15 is 0 Å². The van der Waals surface area contributed by atoms with Gasteiger partial charge in [0.25, 0.3) is 5.79 Å². The van der Waals surface area contributed by atoms with Gasteiger partial charge in [-0.15, -0.1) is 0 Å². The molecule has 2 N–H and O–H groups in total. The lowest BCUT2D eigenvalue weighted by Gasteiger charge is -2.23. The number of likely N-dealkylation sites (N-methyl/N-ethyl adjacent to an activating group) is 1. The van der Waals surface area contributed by atoms with Crippen LogP contribution in [-0.2, 0) is 14.3 Å². The molecule has 0 saturated carbocycles. The normalized spacial score (nSPS) is 11.5. The van der Waals surface area contributed by atoms with Crippen molar-refractivity contribution in [1.82, 2.24) is 0 Å². The number of unbranched alkanes of at least 4 members (excludes halogenated alkanes) is 9. The van der Waals surface area contributed by atoms with Crippen LogP contribution in [0.25, 0.3) is 0 Å². The number of hydrogen-bond acceptors (Lipinski definition) is 6. The average molecular weight is 406 g/mol. The molecule has 7 heteroatoms. The molecule has 0 aliphatic carbocycles. The largest absolute Gasteiger partial charge is 0.544 e. The fourth-order valence-electron chi connectivity index (χ4n) is 2.40. The highest BCUT2D eigenvalue weighted by Gasteiger charge is 2.32. The van der Waals surface area contributed by atoms with Gasteiger partial charge in [0.1, 0.15) is 6.54 Å². The van der Waals surface area contributed by atoms with Crippen molar-refractivity contribution in [2.24, 2.45) is 0 Å². The van der Waals surface area contributed by atoms with E-state index in [4.69, 9.17) is 4.74 Å². The van der Waals surface area contributed by atoms with Gasteiger partial charge in [-0.25, -0.2) is 4.79 Å². The lowest BCUT2D eigenvalue weighted by molar-refractivity contribution is -0.864.